The highest BCUT2D eigenvalue weighted by Gasteiger charge is 2.22. The second kappa shape index (κ2) is 6.36. The molecule has 1 heterocycles. The zero-order valence-electron chi connectivity index (χ0n) is 13.1. The topological polar surface area (TPSA) is 36.3 Å². The van der Waals surface area contributed by atoms with Gasteiger partial charge in [0.25, 0.3) is 0 Å². The lowest BCUT2D eigenvalue weighted by Gasteiger charge is -2.24. The average Bonchev–Trinajstić information content (AvgIpc) is 2.82. The highest BCUT2D eigenvalue weighted by molar-refractivity contribution is 7.99. The summed E-state index contributed by atoms with van der Waals surface area (Å²) in [6.45, 7) is 5.26. The van der Waals surface area contributed by atoms with E-state index in [0.717, 1.165) is 23.4 Å². The van der Waals surface area contributed by atoms with E-state index in [1.165, 1.54) is 0 Å². The van der Waals surface area contributed by atoms with Crippen LogP contribution in [0.25, 0.3) is 11.0 Å². The molecule has 4 nitrogen and oxygen atoms in total. The van der Waals surface area contributed by atoms with Crippen LogP contribution in [0.3, 0.4) is 0 Å². The second-order valence-corrected chi connectivity index (χ2v) is 7.19. The van der Waals surface area contributed by atoms with Gasteiger partial charge in [-0.1, -0.05) is 0 Å². The Labute approximate surface area is 134 Å². The van der Waals surface area contributed by atoms with E-state index < -0.39 is 0 Å². The van der Waals surface area contributed by atoms with Gasteiger partial charge in [-0.15, -0.1) is 11.6 Å². The number of thioether (sulfide) groups is 1. The molecule has 0 spiro atoms. The number of hydrogen-bond acceptors (Lipinski definition) is 4. The summed E-state index contributed by atoms with van der Waals surface area (Å²) in [6, 6.07) is 3.86. The average molecular weight is 329 g/mol. The van der Waals surface area contributed by atoms with Gasteiger partial charge < -0.3 is 14.0 Å². The van der Waals surface area contributed by atoms with Gasteiger partial charge in [0.1, 0.15) is 5.82 Å². The molecule has 0 bridgehead atoms. The fourth-order valence-electron chi connectivity index (χ4n) is 2.23. The fourth-order valence-corrected chi connectivity index (χ4v) is 2.69. The van der Waals surface area contributed by atoms with E-state index in [0.29, 0.717) is 17.4 Å². The minimum atomic E-state index is 0.0988. The number of nitrogens with zero attached hydrogens (tertiary/aromatic N) is 2. The Bertz CT molecular complexity index is 640. The maximum Gasteiger partial charge on any atom is 0.163 e. The van der Waals surface area contributed by atoms with E-state index in [1.807, 2.05) is 23.9 Å². The first-order chi connectivity index (χ1) is 9.95. The number of halogens is 1. The molecule has 0 aliphatic carbocycles. The second-order valence-electron chi connectivity index (χ2n) is 5.41. The van der Waals surface area contributed by atoms with Gasteiger partial charge in [-0.05, 0) is 20.1 Å². The number of methoxy groups -OCH3 is 2. The molecule has 116 valence electrons. The predicted octanol–water partition coefficient (Wildman–Crippen LogP) is 3.93. The zero-order chi connectivity index (χ0) is 15.6. The number of alkyl halides is 1. The highest BCUT2D eigenvalue weighted by Crippen LogP contribution is 2.34. The number of rotatable bonds is 6. The Kier molecular flexibility index (Phi) is 4.94. The molecule has 0 saturated heterocycles. The van der Waals surface area contributed by atoms with Crippen molar-refractivity contribution in [3.8, 4) is 11.5 Å². The van der Waals surface area contributed by atoms with E-state index in [1.54, 1.807) is 14.2 Å². The minimum Gasteiger partial charge on any atom is -0.493 e. The lowest BCUT2D eigenvalue weighted by Crippen LogP contribution is -2.23. The molecular formula is C15H21ClN2O2S. The van der Waals surface area contributed by atoms with Gasteiger partial charge >= 0.3 is 0 Å². The first-order valence-corrected chi connectivity index (χ1v) is 8.44. The van der Waals surface area contributed by atoms with E-state index >= 15 is 0 Å². The summed E-state index contributed by atoms with van der Waals surface area (Å²) in [5, 5.41) is 0. The molecule has 0 saturated carbocycles. The van der Waals surface area contributed by atoms with Gasteiger partial charge in [0.2, 0.25) is 0 Å². The highest BCUT2D eigenvalue weighted by atomic mass is 35.5. The maximum absolute atomic E-state index is 6.07. The van der Waals surface area contributed by atoms with Gasteiger partial charge in [0, 0.05) is 23.4 Å². The van der Waals surface area contributed by atoms with Crippen molar-refractivity contribution in [2.75, 3.05) is 20.5 Å². The summed E-state index contributed by atoms with van der Waals surface area (Å²) < 4.78 is 13.0. The Morgan fingerprint density at radius 3 is 2.38 bits per heavy atom. The zero-order valence-corrected chi connectivity index (χ0v) is 14.6. The number of ether oxygens (including phenoxy) is 2. The number of aromatic nitrogens is 2. The van der Waals surface area contributed by atoms with Crippen molar-refractivity contribution in [1.82, 2.24) is 9.55 Å². The summed E-state index contributed by atoms with van der Waals surface area (Å²) in [6.07, 6.45) is 2.11. The molecule has 2 aromatic rings. The molecule has 0 N–H and O–H groups in total. The molecule has 1 aromatic heterocycles. The van der Waals surface area contributed by atoms with Crippen molar-refractivity contribution in [3.63, 3.8) is 0 Å². The van der Waals surface area contributed by atoms with Crippen LogP contribution in [0.2, 0.25) is 0 Å². The van der Waals surface area contributed by atoms with Gasteiger partial charge in [0.05, 0.1) is 31.1 Å². The molecule has 0 aliphatic rings. The van der Waals surface area contributed by atoms with Crippen molar-refractivity contribution in [3.05, 3.63) is 18.0 Å². The van der Waals surface area contributed by atoms with Crippen molar-refractivity contribution in [1.29, 1.82) is 0 Å². The lowest BCUT2D eigenvalue weighted by atomic mass is 10.2. The summed E-state index contributed by atoms with van der Waals surface area (Å²) in [4.78, 5) is 4.62. The van der Waals surface area contributed by atoms with Crippen LogP contribution < -0.4 is 9.47 Å². The van der Waals surface area contributed by atoms with Crippen LogP contribution in [-0.2, 0) is 12.4 Å². The number of fused-ring (bicyclic) bond motifs is 1. The standard InChI is InChI=1S/C15H21ClN2O2S/c1-15(2,21-5)9-18-11-7-13(20-4)12(19-3)6-10(11)17-14(18)8-16/h6-7H,8-9H2,1-5H3. The van der Waals surface area contributed by atoms with Crippen LogP contribution in [0.15, 0.2) is 12.1 Å². The van der Waals surface area contributed by atoms with Gasteiger partial charge in [-0.25, -0.2) is 4.98 Å². The predicted molar refractivity (Wildman–Crippen MR) is 90.0 cm³/mol. The quantitative estimate of drug-likeness (QED) is 0.753. The van der Waals surface area contributed by atoms with E-state index in [2.05, 4.69) is 29.7 Å². The molecule has 2 rings (SSSR count). The minimum absolute atomic E-state index is 0.0988. The monoisotopic (exact) mass is 328 g/mol. The Hall–Kier alpha value is -1.07. The molecule has 0 unspecified atom stereocenters. The molecule has 0 atom stereocenters. The van der Waals surface area contributed by atoms with Crippen LogP contribution in [0.4, 0.5) is 0 Å². The number of benzene rings is 1. The molecule has 6 heteroatoms. The molecule has 1 aromatic carbocycles. The summed E-state index contributed by atoms with van der Waals surface area (Å²) >= 11 is 7.89. The van der Waals surface area contributed by atoms with Crippen LogP contribution in [0, 0.1) is 0 Å². The van der Waals surface area contributed by atoms with Crippen molar-refractivity contribution in [2.45, 2.75) is 31.0 Å². The van der Waals surface area contributed by atoms with E-state index in [9.17, 15) is 0 Å². The van der Waals surface area contributed by atoms with E-state index in [4.69, 9.17) is 21.1 Å². The van der Waals surface area contributed by atoms with Crippen LogP contribution >= 0.6 is 23.4 Å². The first-order valence-electron chi connectivity index (χ1n) is 6.68. The first kappa shape index (κ1) is 16.3. The third kappa shape index (κ3) is 3.24. The van der Waals surface area contributed by atoms with Gasteiger partial charge in [-0.2, -0.15) is 11.8 Å². The third-order valence-electron chi connectivity index (χ3n) is 3.54. The van der Waals surface area contributed by atoms with Gasteiger partial charge in [0.15, 0.2) is 11.5 Å². The SMILES string of the molecule is COc1cc2nc(CCl)n(CC(C)(C)SC)c2cc1OC. The molecular weight excluding hydrogens is 308 g/mol. The molecule has 0 aliphatic heterocycles. The number of imidazole rings is 1. The van der Waals surface area contributed by atoms with Crippen molar-refractivity contribution < 1.29 is 9.47 Å². The van der Waals surface area contributed by atoms with Crippen molar-refractivity contribution >= 4 is 34.4 Å². The summed E-state index contributed by atoms with van der Waals surface area (Å²) in [5.74, 6) is 2.63. The molecule has 21 heavy (non-hydrogen) atoms. The van der Waals surface area contributed by atoms with Crippen LogP contribution in [0.5, 0.6) is 11.5 Å². The lowest BCUT2D eigenvalue weighted by molar-refractivity contribution is 0.355. The molecule has 0 radical (unpaired) electrons. The number of hydrogen-bond donors (Lipinski definition) is 0. The summed E-state index contributed by atoms with van der Waals surface area (Å²) in [5.41, 5.74) is 1.89. The van der Waals surface area contributed by atoms with E-state index in [-0.39, 0.29) is 4.75 Å². The van der Waals surface area contributed by atoms with Crippen molar-refractivity contribution in [2.24, 2.45) is 0 Å². The van der Waals surface area contributed by atoms with Crippen LogP contribution in [-0.4, -0.2) is 34.8 Å². The maximum atomic E-state index is 6.07. The Morgan fingerprint density at radius 1 is 1.24 bits per heavy atom. The summed E-state index contributed by atoms with van der Waals surface area (Å²) in [7, 11) is 3.26. The fraction of sp³-hybridized carbons (Fsp3) is 0.533. The molecule has 0 amide bonds. The Morgan fingerprint density at radius 2 is 1.86 bits per heavy atom. The smallest absolute Gasteiger partial charge is 0.163 e. The van der Waals surface area contributed by atoms with Gasteiger partial charge in [-0.3, -0.25) is 0 Å². The normalized spacial score (nSPS) is 11.9. The van der Waals surface area contributed by atoms with Crippen LogP contribution in [0.1, 0.15) is 19.7 Å². The molecule has 0 fully saturated rings. The third-order valence-corrected chi connectivity index (χ3v) is 5.02. The Balaban J connectivity index is 2.62. The largest absolute Gasteiger partial charge is 0.493 e.